The molecule has 0 aliphatic carbocycles. The second-order valence-electron chi connectivity index (χ2n) is 12.1. The van der Waals surface area contributed by atoms with Gasteiger partial charge in [-0.25, -0.2) is 4.79 Å². The predicted octanol–water partition coefficient (Wildman–Crippen LogP) is 8.73. The lowest BCUT2D eigenvalue weighted by atomic mass is 10.1. The summed E-state index contributed by atoms with van der Waals surface area (Å²) in [6, 6.07) is 30.3. The van der Waals surface area contributed by atoms with Crippen LogP contribution in [0.15, 0.2) is 109 Å². The summed E-state index contributed by atoms with van der Waals surface area (Å²) in [6.07, 6.45) is -4.25. The molecule has 5 aromatic carbocycles. The molecule has 0 heterocycles. The van der Waals surface area contributed by atoms with Gasteiger partial charge in [0.2, 0.25) is 5.91 Å². The minimum atomic E-state index is -4.79. The molecule has 0 bridgehead atoms. The van der Waals surface area contributed by atoms with E-state index in [2.05, 4.69) is 5.32 Å². The number of hydrogen-bond donors (Lipinski definition) is 2. The molecule has 50 heavy (non-hydrogen) atoms. The van der Waals surface area contributed by atoms with Crippen LogP contribution in [0.2, 0.25) is 0 Å². The summed E-state index contributed by atoms with van der Waals surface area (Å²) in [6.45, 7) is 3.24. The maximum atomic E-state index is 14.4. The number of benzene rings is 5. The lowest BCUT2D eigenvalue weighted by molar-refractivity contribution is -0.152. The van der Waals surface area contributed by atoms with E-state index >= 15 is 0 Å². The van der Waals surface area contributed by atoms with Crippen LogP contribution in [0.5, 0.6) is 17.2 Å². The van der Waals surface area contributed by atoms with Gasteiger partial charge in [-0.3, -0.25) is 4.79 Å². The van der Waals surface area contributed by atoms with E-state index in [1.165, 1.54) is 26.0 Å². The molecule has 260 valence electrons. The van der Waals surface area contributed by atoms with Crippen LogP contribution in [-0.2, 0) is 33.5 Å². The van der Waals surface area contributed by atoms with Crippen LogP contribution in [0, 0.1) is 0 Å². The van der Waals surface area contributed by atoms with E-state index in [1.54, 1.807) is 48.4 Å². The number of aliphatic carboxylic acids is 1. The number of alkyl halides is 3. The monoisotopic (exact) mass is 686 g/mol. The predicted molar refractivity (Wildman–Crippen MR) is 186 cm³/mol. The van der Waals surface area contributed by atoms with Crippen molar-refractivity contribution in [2.75, 3.05) is 30.5 Å². The largest absolute Gasteiger partial charge is 0.478 e. The molecule has 0 radical (unpaired) electrons. The molecular weight excluding hydrogens is 649 g/mol. The molecular formula is C39H37F3N2O6. The van der Waals surface area contributed by atoms with Gasteiger partial charge in [-0.1, -0.05) is 66.7 Å². The summed E-state index contributed by atoms with van der Waals surface area (Å²) in [5.41, 5.74) is -0.538. The number of anilines is 2. The molecule has 0 saturated heterocycles. The second-order valence-corrected chi connectivity index (χ2v) is 12.1. The first-order valence-corrected chi connectivity index (χ1v) is 15.8. The summed E-state index contributed by atoms with van der Waals surface area (Å²) in [7, 11) is 1.58. The van der Waals surface area contributed by atoms with Gasteiger partial charge >= 0.3 is 12.1 Å². The first kappa shape index (κ1) is 35.7. The number of para-hydroxylation sites is 1. The van der Waals surface area contributed by atoms with Gasteiger partial charge < -0.3 is 29.5 Å². The van der Waals surface area contributed by atoms with Crippen molar-refractivity contribution in [2.45, 2.75) is 38.6 Å². The number of hydrogen-bond acceptors (Lipinski definition) is 6. The SMILES string of the molecule is COCCc1ccccc1N(CC(=O)Nc1ccc(Oc2cccc3ccccc23)cc1C(F)(F)F)Cc1ccc(OC(C)(C)C(=O)O)cc1. The van der Waals surface area contributed by atoms with E-state index < -0.39 is 34.9 Å². The molecule has 0 aliphatic heterocycles. The molecule has 0 unspecified atom stereocenters. The third kappa shape index (κ3) is 8.91. The zero-order valence-electron chi connectivity index (χ0n) is 27.8. The molecule has 5 aromatic rings. The molecule has 0 atom stereocenters. The summed E-state index contributed by atoms with van der Waals surface area (Å²) in [5, 5.41) is 13.5. The van der Waals surface area contributed by atoms with Crippen LogP contribution in [0.1, 0.15) is 30.5 Å². The number of amides is 1. The van der Waals surface area contributed by atoms with Crippen molar-refractivity contribution in [1.29, 1.82) is 0 Å². The van der Waals surface area contributed by atoms with Crippen LogP contribution in [0.3, 0.4) is 0 Å². The number of ether oxygens (including phenoxy) is 3. The number of carbonyl (C=O) groups excluding carboxylic acids is 1. The highest BCUT2D eigenvalue weighted by Gasteiger charge is 2.35. The molecule has 0 aromatic heterocycles. The van der Waals surface area contributed by atoms with Crippen molar-refractivity contribution in [3.63, 3.8) is 0 Å². The van der Waals surface area contributed by atoms with Gasteiger partial charge in [0, 0.05) is 24.7 Å². The van der Waals surface area contributed by atoms with Crippen LogP contribution < -0.4 is 19.7 Å². The summed E-state index contributed by atoms with van der Waals surface area (Å²) < 4.78 is 59.9. The zero-order chi connectivity index (χ0) is 35.9. The third-order valence-corrected chi connectivity index (χ3v) is 7.98. The first-order valence-electron chi connectivity index (χ1n) is 15.8. The minimum absolute atomic E-state index is 0.0282. The third-order valence-electron chi connectivity index (χ3n) is 7.98. The maximum Gasteiger partial charge on any atom is 0.418 e. The summed E-state index contributed by atoms with van der Waals surface area (Å²) >= 11 is 0. The zero-order valence-corrected chi connectivity index (χ0v) is 27.8. The van der Waals surface area contributed by atoms with Crippen LogP contribution in [0.4, 0.5) is 24.5 Å². The lowest BCUT2D eigenvalue weighted by Crippen LogP contribution is -2.37. The van der Waals surface area contributed by atoms with Crippen molar-refractivity contribution < 1.29 is 42.1 Å². The summed E-state index contributed by atoms with van der Waals surface area (Å²) in [4.78, 5) is 26.8. The Morgan fingerprint density at radius 3 is 2.24 bits per heavy atom. The fraction of sp³-hybridized carbons (Fsp3) is 0.231. The van der Waals surface area contributed by atoms with Gasteiger partial charge in [-0.05, 0) is 79.2 Å². The van der Waals surface area contributed by atoms with Gasteiger partial charge in [0.15, 0.2) is 5.60 Å². The molecule has 0 saturated carbocycles. The number of carboxylic acid groups (broad SMARTS) is 1. The van der Waals surface area contributed by atoms with Crippen LogP contribution >= 0.6 is 0 Å². The standard InChI is InChI=1S/C39H37F3N2O6/c1-38(2,37(46)47)50-29-17-15-26(16-18-29)24-44(34-13-7-5-10-28(34)21-22-48-3)25-36(45)43-33-20-19-30(23-32(33)39(40,41)42)49-35-14-8-11-27-9-4-6-12-31(27)35/h4-20,23H,21-22,24-25H2,1-3H3,(H,43,45)(H,46,47). The van der Waals surface area contributed by atoms with E-state index in [9.17, 15) is 27.9 Å². The van der Waals surface area contributed by atoms with Crippen LogP contribution in [-0.4, -0.2) is 42.8 Å². The number of nitrogens with zero attached hydrogens (tertiary/aromatic N) is 1. The molecule has 2 N–H and O–H groups in total. The van der Waals surface area contributed by atoms with Crippen molar-refractivity contribution in [2.24, 2.45) is 0 Å². The molecule has 0 spiro atoms. The summed E-state index contributed by atoms with van der Waals surface area (Å²) in [5.74, 6) is -1.06. The Labute approximate surface area is 288 Å². The lowest BCUT2D eigenvalue weighted by Gasteiger charge is -2.27. The van der Waals surface area contributed by atoms with Crippen molar-refractivity contribution >= 4 is 34.0 Å². The topological polar surface area (TPSA) is 97.3 Å². The van der Waals surface area contributed by atoms with E-state index in [-0.39, 0.29) is 18.8 Å². The number of rotatable bonds is 14. The average Bonchev–Trinajstić information content (AvgIpc) is 3.08. The molecule has 8 nitrogen and oxygen atoms in total. The number of nitrogens with one attached hydrogen (secondary N) is 1. The smallest absolute Gasteiger partial charge is 0.418 e. The number of carboxylic acids is 1. The normalized spacial score (nSPS) is 11.6. The van der Waals surface area contributed by atoms with Crippen molar-refractivity contribution in [3.05, 3.63) is 126 Å². The van der Waals surface area contributed by atoms with Crippen molar-refractivity contribution in [3.8, 4) is 17.2 Å². The van der Waals surface area contributed by atoms with Gasteiger partial charge in [0.05, 0.1) is 24.4 Å². The molecule has 11 heteroatoms. The van der Waals surface area contributed by atoms with Crippen molar-refractivity contribution in [1.82, 2.24) is 0 Å². The Kier molecular flexibility index (Phi) is 11.0. The highest BCUT2D eigenvalue weighted by molar-refractivity contribution is 5.95. The van der Waals surface area contributed by atoms with E-state index in [1.807, 2.05) is 54.6 Å². The second kappa shape index (κ2) is 15.3. The highest BCUT2D eigenvalue weighted by Crippen LogP contribution is 2.39. The minimum Gasteiger partial charge on any atom is -0.478 e. The van der Waals surface area contributed by atoms with Gasteiger partial charge in [0.1, 0.15) is 17.2 Å². The Hall–Kier alpha value is -5.55. The van der Waals surface area contributed by atoms with Gasteiger partial charge in [0.25, 0.3) is 0 Å². The first-order chi connectivity index (χ1) is 23.8. The number of methoxy groups -OCH3 is 1. The Morgan fingerprint density at radius 1 is 0.840 bits per heavy atom. The average molecular weight is 687 g/mol. The molecule has 0 fully saturated rings. The highest BCUT2D eigenvalue weighted by atomic mass is 19.4. The Balaban J connectivity index is 1.39. The maximum absolute atomic E-state index is 14.4. The van der Waals surface area contributed by atoms with E-state index in [0.717, 1.165) is 28.0 Å². The fourth-order valence-corrected chi connectivity index (χ4v) is 5.40. The van der Waals surface area contributed by atoms with Gasteiger partial charge in [-0.2, -0.15) is 13.2 Å². The number of fused-ring (bicyclic) bond motifs is 1. The number of carbonyl (C=O) groups is 2. The van der Waals surface area contributed by atoms with E-state index in [0.29, 0.717) is 30.2 Å². The quantitative estimate of drug-likeness (QED) is 0.121. The number of halogens is 3. The van der Waals surface area contributed by atoms with Crippen LogP contribution in [0.25, 0.3) is 10.8 Å². The molecule has 0 aliphatic rings. The Bertz CT molecular complexity index is 1960. The van der Waals surface area contributed by atoms with E-state index in [4.69, 9.17) is 14.2 Å². The molecule has 1 amide bonds. The van der Waals surface area contributed by atoms with Gasteiger partial charge in [-0.15, -0.1) is 0 Å². The fourth-order valence-electron chi connectivity index (χ4n) is 5.40. The Morgan fingerprint density at radius 2 is 1.52 bits per heavy atom. The molecule has 5 rings (SSSR count).